The molecule has 5 heteroatoms. The number of esters is 1. The van der Waals surface area contributed by atoms with Gasteiger partial charge in [0.2, 0.25) is 0 Å². The van der Waals surface area contributed by atoms with Crippen molar-refractivity contribution in [3.8, 4) is 0 Å². The van der Waals surface area contributed by atoms with Crippen molar-refractivity contribution in [2.45, 2.75) is 129 Å². The molecule has 0 saturated heterocycles. The molecule has 0 aromatic rings. The Morgan fingerprint density at radius 2 is 1.25 bits per heavy atom. The summed E-state index contributed by atoms with van der Waals surface area (Å²) in [5.74, 6) is -0.275. The Hall–Kier alpha value is -1.10. The van der Waals surface area contributed by atoms with Crippen LogP contribution in [0.25, 0.3) is 0 Å². The first kappa shape index (κ1) is 30.9. The second-order valence-electron chi connectivity index (χ2n) is 10.9. The number of unbranched alkanes of at least 4 members (excludes halogenated alkanes) is 11. The number of nitrogens with zero attached hydrogens (tertiary/aromatic N) is 1. The van der Waals surface area contributed by atoms with Crippen LogP contribution in [-0.4, -0.2) is 55.3 Å². The quantitative estimate of drug-likeness (QED) is 0.108. The second-order valence-corrected chi connectivity index (χ2v) is 10.9. The molecule has 0 radical (unpaired) electrons. The lowest BCUT2D eigenvalue weighted by Crippen LogP contribution is -2.43. The van der Waals surface area contributed by atoms with Crippen LogP contribution in [-0.2, 0) is 14.3 Å². The van der Waals surface area contributed by atoms with Gasteiger partial charge >= 0.3 is 11.9 Å². The maximum Gasteiger partial charge on any atom is 0.307 e. The molecule has 2 atom stereocenters. The summed E-state index contributed by atoms with van der Waals surface area (Å²) >= 11 is 0. The summed E-state index contributed by atoms with van der Waals surface area (Å²) in [6, 6.07) is 0. The molecular formula is C27H54NO4+. The minimum Gasteiger partial charge on any atom is -0.481 e. The number of carbonyl (C=O) groups is 2. The molecule has 0 bridgehead atoms. The molecule has 5 nitrogen and oxygen atoms in total. The highest BCUT2D eigenvalue weighted by Gasteiger charge is 2.24. The first-order chi connectivity index (χ1) is 15.1. The van der Waals surface area contributed by atoms with E-state index in [9.17, 15) is 9.59 Å². The minimum absolute atomic E-state index is 0.126. The molecule has 0 amide bonds. The van der Waals surface area contributed by atoms with Gasteiger partial charge in [-0.2, -0.15) is 0 Å². The summed E-state index contributed by atoms with van der Waals surface area (Å²) in [4.78, 5) is 23.1. The fraction of sp³-hybridized carbons (Fsp3) is 0.926. The highest BCUT2D eigenvalue weighted by molar-refractivity contribution is 5.71. The summed E-state index contributed by atoms with van der Waals surface area (Å²) in [7, 11) is 5.91. The zero-order valence-electron chi connectivity index (χ0n) is 22.0. The number of quaternary nitrogens is 1. The number of aliphatic carboxylic acids is 1. The second kappa shape index (κ2) is 19.4. The molecule has 0 aromatic carbocycles. The van der Waals surface area contributed by atoms with E-state index in [4.69, 9.17) is 9.84 Å². The smallest absolute Gasteiger partial charge is 0.307 e. The zero-order chi connectivity index (χ0) is 24.2. The molecule has 32 heavy (non-hydrogen) atoms. The van der Waals surface area contributed by atoms with Gasteiger partial charge in [0.25, 0.3) is 0 Å². The first-order valence-corrected chi connectivity index (χ1v) is 13.4. The molecule has 0 aromatic heterocycles. The highest BCUT2D eigenvalue weighted by Crippen LogP contribution is 2.17. The molecule has 2 unspecified atom stereocenters. The molecule has 0 rings (SSSR count). The molecule has 0 saturated carbocycles. The Kier molecular flexibility index (Phi) is 18.7. The predicted octanol–water partition coefficient (Wildman–Crippen LogP) is 6.98. The van der Waals surface area contributed by atoms with E-state index in [0.717, 1.165) is 18.8 Å². The highest BCUT2D eigenvalue weighted by atomic mass is 16.5. The molecule has 190 valence electrons. The zero-order valence-corrected chi connectivity index (χ0v) is 22.0. The molecule has 0 spiro atoms. The van der Waals surface area contributed by atoms with E-state index in [0.29, 0.717) is 17.4 Å². The maximum atomic E-state index is 12.1. The molecule has 0 aliphatic heterocycles. The van der Waals surface area contributed by atoms with Gasteiger partial charge in [-0.05, 0) is 12.3 Å². The number of hydrogen-bond donors (Lipinski definition) is 1. The van der Waals surface area contributed by atoms with Crippen LogP contribution in [0.3, 0.4) is 0 Å². The fourth-order valence-electron chi connectivity index (χ4n) is 4.24. The van der Waals surface area contributed by atoms with E-state index < -0.39 is 12.1 Å². The Bertz CT molecular complexity index is 473. The third kappa shape index (κ3) is 22.1. The number of rotatable bonds is 22. The van der Waals surface area contributed by atoms with Crippen LogP contribution in [0.1, 0.15) is 123 Å². The van der Waals surface area contributed by atoms with E-state index in [1.54, 1.807) is 0 Å². The lowest BCUT2D eigenvalue weighted by molar-refractivity contribution is -0.873. The number of carboxylic acids is 1. The number of carboxylic acid groups (broad SMARTS) is 1. The van der Waals surface area contributed by atoms with Gasteiger partial charge in [-0.1, -0.05) is 104 Å². The summed E-state index contributed by atoms with van der Waals surface area (Å²) in [6.45, 7) is 5.19. The van der Waals surface area contributed by atoms with Gasteiger partial charge in [0.15, 0.2) is 6.10 Å². The molecule has 0 aliphatic carbocycles. The molecule has 1 N–H and O–H groups in total. The van der Waals surface area contributed by atoms with Crippen molar-refractivity contribution in [2.75, 3.05) is 27.7 Å². The topological polar surface area (TPSA) is 63.6 Å². The van der Waals surface area contributed by atoms with E-state index in [-0.39, 0.29) is 12.4 Å². The van der Waals surface area contributed by atoms with Gasteiger partial charge < -0.3 is 14.3 Å². The number of ether oxygens (including phenoxy) is 1. The Morgan fingerprint density at radius 3 is 1.72 bits per heavy atom. The predicted molar refractivity (Wildman–Crippen MR) is 134 cm³/mol. The van der Waals surface area contributed by atoms with Gasteiger partial charge in [-0.3, -0.25) is 9.59 Å². The summed E-state index contributed by atoms with van der Waals surface area (Å²) in [6.07, 6.45) is 19.1. The van der Waals surface area contributed by atoms with Crippen LogP contribution in [0.5, 0.6) is 0 Å². The van der Waals surface area contributed by atoms with Crippen molar-refractivity contribution in [2.24, 2.45) is 5.92 Å². The largest absolute Gasteiger partial charge is 0.481 e. The van der Waals surface area contributed by atoms with E-state index in [1.807, 2.05) is 21.1 Å². The van der Waals surface area contributed by atoms with Crippen LogP contribution in [0.4, 0.5) is 0 Å². The standard InChI is InChI=1S/C27H53NO4/c1-6-7-19-24(2)20-17-15-13-11-9-8-10-12-14-16-18-21-27(31)32-25(22-26(29)30)23-28(3,4)5/h24-25H,6-23H2,1-5H3/p+1. The van der Waals surface area contributed by atoms with Crippen LogP contribution in [0.15, 0.2) is 0 Å². The molecule has 0 fully saturated rings. The third-order valence-corrected chi connectivity index (χ3v) is 6.08. The number of hydrogen-bond acceptors (Lipinski definition) is 3. The first-order valence-electron chi connectivity index (χ1n) is 13.4. The summed E-state index contributed by atoms with van der Waals surface area (Å²) < 4.78 is 6.00. The average Bonchev–Trinajstić information content (AvgIpc) is 2.67. The SMILES string of the molecule is CCCCC(C)CCCCCCCCCCCCCC(=O)OC(CC(=O)O)C[N+](C)(C)C. The van der Waals surface area contributed by atoms with E-state index >= 15 is 0 Å². The van der Waals surface area contributed by atoms with E-state index in [1.165, 1.54) is 83.5 Å². The van der Waals surface area contributed by atoms with E-state index in [2.05, 4.69) is 13.8 Å². The van der Waals surface area contributed by atoms with Crippen molar-refractivity contribution in [1.29, 1.82) is 0 Å². The minimum atomic E-state index is -0.923. The lowest BCUT2D eigenvalue weighted by Gasteiger charge is -2.28. The average molecular weight is 457 g/mol. The molecular weight excluding hydrogens is 402 g/mol. The number of likely N-dealkylation sites (N-methyl/N-ethyl adjacent to an activating group) is 1. The van der Waals surface area contributed by atoms with Gasteiger partial charge in [0.05, 0.1) is 27.6 Å². The van der Waals surface area contributed by atoms with Crippen molar-refractivity contribution >= 4 is 11.9 Å². The van der Waals surface area contributed by atoms with Gasteiger partial charge in [-0.15, -0.1) is 0 Å². The van der Waals surface area contributed by atoms with Crippen molar-refractivity contribution in [3.63, 3.8) is 0 Å². The van der Waals surface area contributed by atoms with Crippen molar-refractivity contribution < 1.29 is 23.9 Å². The van der Waals surface area contributed by atoms with Gasteiger partial charge in [0, 0.05) is 6.42 Å². The van der Waals surface area contributed by atoms with Crippen molar-refractivity contribution in [1.82, 2.24) is 0 Å². The summed E-state index contributed by atoms with van der Waals surface area (Å²) in [5.41, 5.74) is 0. The third-order valence-electron chi connectivity index (χ3n) is 6.08. The lowest BCUT2D eigenvalue weighted by atomic mass is 9.97. The fourth-order valence-corrected chi connectivity index (χ4v) is 4.24. The van der Waals surface area contributed by atoms with Gasteiger partial charge in [0.1, 0.15) is 6.54 Å². The Morgan fingerprint density at radius 1 is 0.781 bits per heavy atom. The van der Waals surface area contributed by atoms with Crippen LogP contribution in [0, 0.1) is 5.92 Å². The Balaban J connectivity index is 3.57. The van der Waals surface area contributed by atoms with Crippen LogP contribution < -0.4 is 0 Å². The van der Waals surface area contributed by atoms with Gasteiger partial charge in [-0.25, -0.2) is 0 Å². The Labute approximate surface area is 198 Å². The summed E-state index contributed by atoms with van der Waals surface area (Å²) in [5, 5.41) is 9.03. The van der Waals surface area contributed by atoms with Crippen molar-refractivity contribution in [3.05, 3.63) is 0 Å². The monoisotopic (exact) mass is 456 g/mol. The molecule has 0 heterocycles. The number of carbonyl (C=O) groups excluding carboxylic acids is 1. The maximum absolute atomic E-state index is 12.1. The molecule has 0 aliphatic rings. The normalized spacial score (nSPS) is 13.7. The van der Waals surface area contributed by atoms with Crippen LogP contribution in [0.2, 0.25) is 0 Å². The van der Waals surface area contributed by atoms with Crippen LogP contribution >= 0.6 is 0 Å².